The molecule has 1 saturated heterocycles. The Morgan fingerprint density at radius 3 is 2.33 bits per heavy atom. The Morgan fingerprint density at radius 2 is 1.70 bits per heavy atom. The van der Waals surface area contributed by atoms with Crippen LogP contribution in [0.25, 0.3) is 0 Å². The molecule has 2 fully saturated rings. The molecule has 6 nitrogen and oxygen atoms in total. The van der Waals surface area contributed by atoms with E-state index in [4.69, 9.17) is 4.74 Å². The molecule has 1 aliphatic carbocycles. The number of piperazine rings is 1. The van der Waals surface area contributed by atoms with Crippen molar-refractivity contribution in [3.8, 4) is 5.75 Å². The van der Waals surface area contributed by atoms with Crippen LogP contribution in [0, 0.1) is 13.8 Å². The van der Waals surface area contributed by atoms with E-state index in [1.807, 2.05) is 29.7 Å². The van der Waals surface area contributed by atoms with Gasteiger partial charge in [0.25, 0.3) is 0 Å². The number of nitrogens with one attached hydrogen (secondary N) is 1. The van der Waals surface area contributed by atoms with Crippen molar-refractivity contribution in [3.63, 3.8) is 0 Å². The second-order valence-corrected chi connectivity index (χ2v) is 7.75. The Hall–Kier alpha value is -2.24. The monoisotopic (exact) mass is 373 g/mol. The van der Waals surface area contributed by atoms with E-state index in [1.54, 1.807) is 7.11 Å². The Morgan fingerprint density at radius 1 is 1.07 bits per heavy atom. The number of aryl methyl sites for hydroxylation is 2. The lowest BCUT2D eigenvalue weighted by molar-refractivity contribution is -0.131. The number of hydrogen-bond acceptors (Lipinski definition) is 3. The van der Waals surface area contributed by atoms with Gasteiger partial charge in [0.05, 0.1) is 13.5 Å². The number of urea groups is 1. The molecule has 1 heterocycles. The number of amides is 3. The highest BCUT2D eigenvalue weighted by Gasteiger charge is 2.26. The van der Waals surface area contributed by atoms with E-state index in [-0.39, 0.29) is 11.9 Å². The number of rotatable bonds is 4. The van der Waals surface area contributed by atoms with Crippen LogP contribution >= 0.6 is 0 Å². The third-order valence-electron chi connectivity index (χ3n) is 5.64. The van der Waals surface area contributed by atoms with Gasteiger partial charge in [0, 0.05) is 37.8 Å². The van der Waals surface area contributed by atoms with Gasteiger partial charge < -0.3 is 19.9 Å². The molecule has 0 unspecified atom stereocenters. The SMILES string of the molecule is COc1c(C)cc(C)cc1CC(=O)N1CCN(C(=O)NC2CCCC2)CC1. The minimum Gasteiger partial charge on any atom is -0.496 e. The standard InChI is InChI=1S/C21H31N3O3/c1-15-12-16(2)20(27-3)17(13-15)14-19(25)23-8-10-24(11-9-23)21(26)22-18-6-4-5-7-18/h12-13,18H,4-11,14H2,1-3H3,(H,22,26). The van der Waals surface area contributed by atoms with Crippen LogP contribution in [0.1, 0.15) is 42.4 Å². The van der Waals surface area contributed by atoms with Gasteiger partial charge >= 0.3 is 6.03 Å². The minimum atomic E-state index is 0.0185. The van der Waals surface area contributed by atoms with Gasteiger partial charge in [-0.2, -0.15) is 0 Å². The maximum atomic E-state index is 12.8. The summed E-state index contributed by atoms with van der Waals surface area (Å²) >= 11 is 0. The largest absolute Gasteiger partial charge is 0.496 e. The van der Waals surface area contributed by atoms with Gasteiger partial charge in [0.1, 0.15) is 5.75 Å². The minimum absolute atomic E-state index is 0.0185. The molecule has 2 aliphatic rings. The highest BCUT2D eigenvalue weighted by atomic mass is 16.5. The average molecular weight is 373 g/mol. The summed E-state index contributed by atoms with van der Waals surface area (Å²) < 4.78 is 5.50. The van der Waals surface area contributed by atoms with Crippen LogP contribution in [0.4, 0.5) is 4.79 Å². The zero-order valence-electron chi connectivity index (χ0n) is 16.7. The van der Waals surface area contributed by atoms with Crippen molar-refractivity contribution in [2.75, 3.05) is 33.3 Å². The summed E-state index contributed by atoms with van der Waals surface area (Å²) in [5.74, 6) is 0.887. The van der Waals surface area contributed by atoms with E-state index in [2.05, 4.69) is 11.4 Å². The Kier molecular flexibility index (Phi) is 6.24. The van der Waals surface area contributed by atoms with Gasteiger partial charge in [0.2, 0.25) is 5.91 Å². The van der Waals surface area contributed by atoms with Crippen molar-refractivity contribution in [2.24, 2.45) is 0 Å². The summed E-state index contributed by atoms with van der Waals surface area (Å²) in [5, 5.41) is 3.13. The highest BCUT2D eigenvalue weighted by Crippen LogP contribution is 2.26. The van der Waals surface area contributed by atoms with E-state index in [0.717, 1.165) is 35.3 Å². The Bertz CT molecular complexity index is 690. The lowest BCUT2D eigenvalue weighted by atomic mass is 10.0. The zero-order chi connectivity index (χ0) is 19.4. The van der Waals surface area contributed by atoms with Gasteiger partial charge in [-0.25, -0.2) is 4.79 Å². The van der Waals surface area contributed by atoms with E-state index < -0.39 is 0 Å². The smallest absolute Gasteiger partial charge is 0.317 e. The molecule has 0 atom stereocenters. The summed E-state index contributed by atoms with van der Waals surface area (Å²) in [5.41, 5.74) is 3.11. The van der Waals surface area contributed by atoms with Crippen molar-refractivity contribution in [1.29, 1.82) is 0 Å². The number of carbonyl (C=O) groups is 2. The van der Waals surface area contributed by atoms with Crippen molar-refractivity contribution in [2.45, 2.75) is 52.0 Å². The van der Waals surface area contributed by atoms with Gasteiger partial charge in [-0.3, -0.25) is 4.79 Å². The molecule has 27 heavy (non-hydrogen) atoms. The molecular weight excluding hydrogens is 342 g/mol. The normalized spacial score (nSPS) is 17.9. The van der Waals surface area contributed by atoms with Crippen LogP contribution in [-0.4, -0.2) is 61.1 Å². The molecule has 0 spiro atoms. The molecule has 0 radical (unpaired) electrons. The first kappa shape index (κ1) is 19.5. The molecule has 1 aromatic carbocycles. The molecule has 1 aromatic rings. The summed E-state index contributed by atoms with van der Waals surface area (Å²) in [4.78, 5) is 28.8. The molecule has 0 bridgehead atoms. The number of benzene rings is 1. The van der Waals surface area contributed by atoms with Crippen molar-refractivity contribution < 1.29 is 14.3 Å². The Labute approximate surface area is 161 Å². The molecule has 3 amide bonds. The molecule has 3 rings (SSSR count). The summed E-state index contributed by atoms with van der Waals surface area (Å²) in [6.45, 7) is 6.39. The topological polar surface area (TPSA) is 61.9 Å². The average Bonchev–Trinajstić information content (AvgIpc) is 3.14. The lowest BCUT2D eigenvalue weighted by Crippen LogP contribution is -2.54. The van der Waals surface area contributed by atoms with Gasteiger partial charge in [-0.15, -0.1) is 0 Å². The zero-order valence-corrected chi connectivity index (χ0v) is 16.7. The summed E-state index contributed by atoms with van der Waals surface area (Å²) in [7, 11) is 1.65. The molecular formula is C21H31N3O3. The maximum Gasteiger partial charge on any atom is 0.317 e. The molecule has 6 heteroatoms. The third-order valence-corrected chi connectivity index (χ3v) is 5.64. The molecule has 0 aromatic heterocycles. The fourth-order valence-corrected chi connectivity index (χ4v) is 4.24. The third kappa shape index (κ3) is 4.73. The van der Waals surface area contributed by atoms with Crippen LogP contribution in [0.2, 0.25) is 0 Å². The molecule has 1 saturated carbocycles. The number of carbonyl (C=O) groups excluding carboxylic acids is 2. The molecule has 148 valence electrons. The quantitative estimate of drug-likeness (QED) is 0.883. The van der Waals surface area contributed by atoms with E-state index >= 15 is 0 Å². The highest BCUT2D eigenvalue weighted by molar-refractivity contribution is 5.80. The Balaban J connectivity index is 1.53. The summed E-state index contributed by atoms with van der Waals surface area (Å²) in [6.07, 6.45) is 4.91. The van der Waals surface area contributed by atoms with Crippen LogP contribution in [0.3, 0.4) is 0 Å². The molecule has 1 N–H and O–H groups in total. The first-order chi connectivity index (χ1) is 13.0. The fourth-order valence-electron chi connectivity index (χ4n) is 4.24. The predicted octanol–water partition coefficient (Wildman–Crippen LogP) is 2.65. The van der Waals surface area contributed by atoms with Crippen LogP contribution in [0.5, 0.6) is 5.75 Å². The maximum absolute atomic E-state index is 12.8. The van der Waals surface area contributed by atoms with Gasteiger partial charge in [0.15, 0.2) is 0 Å². The van der Waals surface area contributed by atoms with Crippen molar-refractivity contribution in [1.82, 2.24) is 15.1 Å². The van der Waals surface area contributed by atoms with Crippen LogP contribution in [-0.2, 0) is 11.2 Å². The number of hydrogen-bond donors (Lipinski definition) is 1. The summed E-state index contributed by atoms with van der Waals surface area (Å²) in [6, 6.07) is 4.43. The second-order valence-electron chi connectivity index (χ2n) is 7.75. The van der Waals surface area contributed by atoms with E-state index in [1.165, 1.54) is 12.8 Å². The number of nitrogens with zero attached hydrogens (tertiary/aromatic N) is 2. The van der Waals surface area contributed by atoms with Gasteiger partial charge in [-0.1, -0.05) is 30.5 Å². The van der Waals surface area contributed by atoms with Crippen LogP contribution < -0.4 is 10.1 Å². The molecule has 1 aliphatic heterocycles. The van der Waals surface area contributed by atoms with Crippen molar-refractivity contribution >= 4 is 11.9 Å². The van der Waals surface area contributed by atoms with Crippen LogP contribution in [0.15, 0.2) is 12.1 Å². The first-order valence-electron chi connectivity index (χ1n) is 9.95. The number of ether oxygens (including phenoxy) is 1. The van der Waals surface area contributed by atoms with Gasteiger partial charge in [-0.05, 0) is 32.3 Å². The lowest BCUT2D eigenvalue weighted by Gasteiger charge is -2.35. The fraction of sp³-hybridized carbons (Fsp3) is 0.619. The first-order valence-corrected chi connectivity index (χ1v) is 9.95. The second kappa shape index (κ2) is 8.63. The van der Waals surface area contributed by atoms with E-state index in [0.29, 0.717) is 38.6 Å². The number of methoxy groups -OCH3 is 1. The van der Waals surface area contributed by atoms with Crippen molar-refractivity contribution in [3.05, 3.63) is 28.8 Å². The predicted molar refractivity (Wildman–Crippen MR) is 105 cm³/mol. The van der Waals surface area contributed by atoms with E-state index in [9.17, 15) is 9.59 Å².